The van der Waals surface area contributed by atoms with Gasteiger partial charge in [0.2, 0.25) is 0 Å². The predicted molar refractivity (Wildman–Crippen MR) is 52.0 cm³/mol. The van der Waals surface area contributed by atoms with Gasteiger partial charge in [-0.2, -0.15) is 0 Å². The van der Waals surface area contributed by atoms with E-state index < -0.39 is 5.97 Å². The Kier molecular flexibility index (Phi) is 3.71. The van der Waals surface area contributed by atoms with E-state index in [0.29, 0.717) is 6.54 Å². The van der Waals surface area contributed by atoms with Gasteiger partial charge in [0.05, 0.1) is 12.7 Å². The Morgan fingerprint density at radius 2 is 2.36 bits per heavy atom. The Bertz CT molecular complexity index is 306. The lowest BCUT2D eigenvalue weighted by Gasteiger charge is -2.14. The molecule has 0 saturated carbocycles. The fourth-order valence-corrected chi connectivity index (χ4v) is 1.23. The molecule has 4 heteroatoms. The maximum Gasteiger partial charge on any atom is 0.304 e. The molecule has 0 bridgehead atoms. The van der Waals surface area contributed by atoms with Crippen molar-refractivity contribution in [2.75, 3.05) is 13.6 Å². The van der Waals surface area contributed by atoms with E-state index in [9.17, 15) is 4.79 Å². The van der Waals surface area contributed by atoms with E-state index in [1.54, 1.807) is 6.26 Å². The molecule has 0 atom stereocenters. The molecule has 1 N–H and O–H groups in total. The molecule has 14 heavy (non-hydrogen) atoms. The number of carboxylic acids is 1. The van der Waals surface area contributed by atoms with Gasteiger partial charge in [0.15, 0.2) is 0 Å². The summed E-state index contributed by atoms with van der Waals surface area (Å²) in [6, 6.07) is 1.91. The number of rotatable bonds is 5. The first kappa shape index (κ1) is 10.8. The summed E-state index contributed by atoms with van der Waals surface area (Å²) in [7, 11) is 1.90. The van der Waals surface area contributed by atoms with Crippen molar-refractivity contribution in [1.82, 2.24) is 4.90 Å². The van der Waals surface area contributed by atoms with Crippen molar-refractivity contribution in [3.63, 3.8) is 0 Å². The van der Waals surface area contributed by atoms with Crippen LogP contribution in [-0.4, -0.2) is 29.6 Å². The summed E-state index contributed by atoms with van der Waals surface area (Å²) in [5, 5.41) is 8.50. The van der Waals surface area contributed by atoms with Gasteiger partial charge in [-0.15, -0.1) is 0 Å². The molecule has 0 radical (unpaired) electrons. The zero-order valence-electron chi connectivity index (χ0n) is 8.49. The first-order valence-electron chi connectivity index (χ1n) is 4.53. The molecule has 0 spiro atoms. The Hall–Kier alpha value is -1.29. The molecule has 1 rings (SSSR count). The molecule has 0 unspecified atom stereocenters. The van der Waals surface area contributed by atoms with E-state index in [-0.39, 0.29) is 6.42 Å². The lowest BCUT2D eigenvalue weighted by atomic mass is 10.2. The SMILES string of the molecule is Cc1occc1CN(C)CCC(=O)O. The monoisotopic (exact) mass is 197 g/mol. The highest BCUT2D eigenvalue weighted by Crippen LogP contribution is 2.10. The highest BCUT2D eigenvalue weighted by molar-refractivity contribution is 5.66. The largest absolute Gasteiger partial charge is 0.481 e. The molecule has 78 valence electrons. The second-order valence-electron chi connectivity index (χ2n) is 3.38. The fraction of sp³-hybridized carbons (Fsp3) is 0.500. The third kappa shape index (κ3) is 3.22. The molecule has 1 aromatic rings. The van der Waals surface area contributed by atoms with Gasteiger partial charge in [-0.3, -0.25) is 4.79 Å². The number of nitrogens with zero attached hydrogens (tertiary/aromatic N) is 1. The van der Waals surface area contributed by atoms with Gasteiger partial charge in [-0.05, 0) is 20.0 Å². The molecule has 0 amide bonds. The van der Waals surface area contributed by atoms with E-state index in [1.165, 1.54) is 0 Å². The molecule has 0 fully saturated rings. The van der Waals surface area contributed by atoms with Crippen molar-refractivity contribution in [2.24, 2.45) is 0 Å². The minimum atomic E-state index is -0.763. The van der Waals surface area contributed by atoms with Gasteiger partial charge in [-0.1, -0.05) is 0 Å². The lowest BCUT2D eigenvalue weighted by Crippen LogP contribution is -2.21. The Labute approximate surface area is 83.1 Å². The number of furan rings is 1. The number of carboxylic acid groups (broad SMARTS) is 1. The van der Waals surface area contributed by atoms with Crippen molar-refractivity contribution < 1.29 is 14.3 Å². The standard InChI is InChI=1S/C10H15NO3/c1-8-9(4-6-14-8)7-11(2)5-3-10(12)13/h4,6H,3,5,7H2,1-2H3,(H,12,13). The van der Waals surface area contributed by atoms with Gasteiger partial charge in [-0.25, -0.2) is 0 Å². The molecular weight excluding hydrogens is 182 g/mol. The van der Waals surface area contributed by atoms with Crippen LogP contribution in [0.4, 0.5) is 0 Å². The van der Waals surface area contributed by atoms with Crippen molar-refractivity contribution in [2.45, 2.75) is 19.9 Å². The molecule has 4 nitrogen and oxygen atoms in total. The van der Waals surface area contributed by atoms with E-state index >= 15 is 0 Å². The molecular formula is C10H15NO3. The highest BCUT2D eigenvalue weighted by atomic mass is 16.4. The predicted octanol–water partition coefficient (Wildman–Crippen LogP) is 1.49. The molecule has 0 aliphatic heterocycles. The average Bonchev–Trinajstić information content (AvgIpc) is 2.49. The minimum Gasteiger partial charge on any atom is -0.481 e. The number of hydrogen-bond donors (Lipinski definition) is 1. The number of aliphatic carboxylic acids is 1. The van der Waals surface area contributed by atoms with Crippen molar-refractivity contribution in [3.8, 4) is 0 Å². The number of aryl methyl sites for hydroxylation is 1. The van der Waals surface area contributed by atoms with Crippen LogP contribution in [0.1, 0.15) is 17.7 Å². The van der Waals surface area contributed by atoms with E-state index in [2.05, 4.69) is 0 Å². The molecule has 0 aliphatic carbocycles. The first-order chi connectivity index (χ1) is 6.59. The molecule has 1 heterocycles. The van der Waals surface area contributed by atoms with Crippen LogP contribution in [-0.2, 0) is 11.3 Å². The third-order valence-corrected chi connectivity index (χ3v) is 2.11. The maximum absolute atomic E-state index is 10.3. The fourth-order valence-electron chi connectivity index (χ4n) is 1.23. The summed E-state index contributed by atoms with van der Waals surface area (Å²) in [5.41, 5.74) is 1.11. The molecule has 0 aromatic carbocycles. The van der Waals surface area contributed by atoms with E-state index in [0.717, 1.165) is 17.9 Å². The van der Waals surface area contributed by atoms with Crippen molar-refractivity contribution in [1.29, 1.82) is 0 Å². The van der Waals surface area contributed by atoms with Gasteiger partial charge in [0.1, 0.15) is 5.76 Å². The van der Waals surface area contributed by atoms with Gasteiger partial charge < -0.3 is 14.4 Å². The summed E-state index contributed by atoms with van der Waals surface area (Å²) in [4.78, 5) is 12.3. The van der Waals surface area contributed by atoms with Crippen LogP contribution in [0.25, 0.3) is 0 Å². The molecule has 1 aromatic heterocycles. The Morgan fingerprint density at radius 3 is 2.86 bits per heavy atom. The Morgan fingerprint density at radius 1 is 1.64 bits per heavy atom. The van der Waals surface area contributed by atoms with Crippen LogP contribution in [0.15, 0.2) is 16.7 Å². The second kappa shape index (κ2) is 4.81. The normalized spacial score (nSPS) is 10.8. The summed E-state index contributed by atoms with van der Waals surface area (Å²) in [5.74, 6) is 0.132. The minimum absolute atomic E-state index is 0.174. The van der Waals surface area contributed by atoms with Crippen LogP contribution >= 0.6 is 0 Å². The topological polar surface area (TPSA) is 53.7 Å². The average molecular weight is 197 g/mol. The van der Waals surface area contributed by atoms with Crippen LogP contribution < -0.4 is 0 Å². The van der Waals surface area contributed by atoms with Crippen molar-refractivity contribution >= 4 is 5.97 Å². The zero-order chi connectivity index (χ0) is 10.6. The zero-order valence-corrected chi connectivity index (χ0v) is 8.49. The third-order valence-electron chi connectivity index (χ3n) is 2.11. The number of hydrogen-bond acceptors (Lipinski definition) is 3. The molecule has 0 aliphatic rings. The summed E-state index contributed by atoms with van der Waals surface area (Å²) >= 11 is 0. The summed E-state index contributed by atoms with van der Waals surface area (Å²) < 4.78 is 5.15. The van der Waals surface area contributed by atoms with Crippen LogP contribution in [0.3, 0.4) is 0 Å². The van der Waals surface area contributed by atoms with Crippen molar-refractivity contribution in [3.05, 3.63) is 23.7 Å². The van der Waals surface area contributed by atoms with Crippen LogP contribution in [0, 0.1) is 6.92 Å². The van der Waals surface area contributed by atoms with Gasteiger partial charge in [0, 0.05) is 18.7 Å². The van der Waals surface area contributed by atoms with E-state index in [4.69, 9.17) is 9.52 Å². The summed E-state index contributed by atoms with van der Waals surface area (Å²) in [6.07, 6.45) is 1.82. The first-order valence-corrected chi connectivity index (χ1v) is 4.53. The molecule has 0 saturated heterocycles. The lowest BCUT2D eigenvalue weighted by molar-refractivity contribution is -0.137. The van der Waals surface area contributed by atoms with Crippen LogP contribution in [0.5, 0.6) is 0 Å². The smallest absolute Gasteiger partial charge is 0.304 e. The maximum atomic E-state index is 10.3. The highest BCUT2D eigenvalue weighted by Gasteiger charge is 2.06. The van der Waals surface area contributed by atoms with Crippen LogP contribution in [0.2, 0.25) is 0 Å². The Balaban J connectivity index is 2.37. The second-order valence-corrected chi connectivity index (χ2v) is 3.38. The van der Waals surface area contributed by atoms with E-state index in [1.807, 2.05) is 24.9 Å². The summed E-state index contributed by atoms with van der Waals surface area (Å²) in [6.45, 7) is 3.19. The van der Waals surface area contributed by atoms with Gasteiger partial charge in [0.25, 0.3) is 0 Å². The quantitative estimate of drug-likeness (QED) is 0.777. The van der Waals surface area contributed by atoms with Gasteiger partial charge >= 0.3 is 5.97 Å². The number of carbonyl (C=O) groups is 1.